The van der Waals surface area contributed by atoms with Gasteiger partial charge in [0.25, 0.3) is 0 Å². The van der Waals surface area contributed by atoms with Gasteiger partial charge in [-0.1, -0.05) is 18.2 Å². The summed E-state index contributed by atoms with van der Waals surface area (Å²) in [6, 6.07) is 13.3. The van der Waals surface area contributed by atoms with Crippen LogP contribution in [0.25, 0.3) is 0 Å². The molecule has 0 unspecified atom stereocenters. The summed E-state index contributed by atoms with van der Waals surface area (Å²) < 4.78 is 10.4. The summed E-state index contributed by atoms with van der Waals surface area (Å²) in [6.07, 6.45) is 0. The summed E-state index contributed by atoms with van der Waals surface area (Å²) >= 11 is 1.52. The van der Waals surface area contributed by atoms with E-state index in [1.54, 1.807) is 32.4 Å². The molecule has 0 saturated heterocycles. The summed E-state index contributed by atoms with van der Waals surface area (Å²) in [7, 11) is 3.16. The van der Waals surface area contributed by atoms with Gasteiger partial charge in [-0.3, -0.25) is 4.79 Å². The van der Waals surface area contributed by atoms with Crippen molar-refractivity contribution in [3.8, 4) is 11.5 Å². The molecule has 0 bridgehead atoms. The predicted octanol–water partition coefficient (Wildman–Crippen LogP) is 3.74. The second-order valence-corrected chi connectivity index (χ2v) is 5.72. The molecule has 0 aliphatic heterocycles. The number of carbonyl (C=O) groups is 1. The van der Waals surface area contributed by atoms with Crippen molar-refractivity contribution in [2.75, 3.05) is 25.3 Å². The molecule has 5 heteroatoms. The van der Waals surface area contributed by atoms with Gasteiger partial charge in [-0.05, 0) is 18.6 Å². The van der Waals surface area contributed by atoms with Gasteiger partial charge >= 0.3 is 0 Å². The maximum atomic E-state index is 12.1. The van der Waals surface area contributed by atoms with E-state index in [4.69, 9.17) is 9.47 Å². The maximum Gasteiger partial charge on any atom is 0.234 e. The highest BCUT2D eigenvalue weighted by molar-refractivity contribution is 8.00. The van der Waals surface area contributed by atoms with E-state index in [1.165, 1.54) is 17.3 Å². The molecule has 0 atom stereocenters. The fourth-order valence-corrected chi connectivity index (χ4v) is 2.77. The first-order chi connectivity index (χ1) is 10.6. The molecule has 4 nitrogen and oxygen atoms in total. The number of hydrogen-bond donors (Lipinski definition) is 1. The van der Waals surface area contributed by atoms with Crippen LogP contribution in [0, 0.1) is 6.92 Å². The van der Waals surface area contributed by atoms with Crippen LogP contribution in [0.4, 0.5) is 5.69 Å². The fourth-order valence-electron chi connectivity index (χ4n) is 1.94. The number of hydrogen-bond acceptors (Lipinski definition) is 4. The van der Waals surface area contributed by atoms with Crippen LogP contribution in [0.3, 0.4) is 0 Å². The molecule has 22 heavy (non-hydrogen) atoms. The molecule has 0 radical (unpaired) electrons. The minimum absolute atomic E-state index is 0.0661. The van der Waals surface area contributed by atoms with Crippen molar-refractivity contribution in [2.45, 2.75) is 11.8 Å². The van der Waals surface area contributed by atoms with Gasteiger partial charge < -0.3 is 14.8 Å². The van der Waals surface area contributed by atoms with Crippen LogP contribution in [0.15, 0.2) is 47.4 Å². The average molecular weight is 317 g/mol. The Hall–Kier alpha value is -2.14. The van der Waals surface area contributed by atoms with Crippen molar-refractivity contribution in [1.29, 1.82) is 0 Å². The monoisotopic (exact) mass is 317 g/mol. The lowest BCUT2D eigenvalue weighted by atomic mass is 10.2. The molecule has 0 aromatic heterocycles. The Balaban J connectivity index is 1.98. The van der Waals surface area contributed by atoms with Crippen LogP contribution in [-0.2, 0) is 4.79 Å². The summed E-state index contributed by atoms with van der Waals surface area (Å²) in [5.41, 5.74) is 1.83. The number of amides is 1. The zero-order valence-electron chi connectivity index (χ0n) is 12.9. The number of thioether (sulfide) groups is 1. The SMILES string of the molecule is COc1cc(NC(=O)CSc2ccccc2C)cc(OC)c1. The molecule has 1 amide bonds. The molecule has 2 aromatic carbocycles. The smallest absolute Gasteiger partial charge is 0.234 e. The Kier molecular flexibility index (Phi) is 5.72. The van der Waals surface area contributed by atoms with Crippen molar-refractivity contribution in [3.63, 3.8) is 0 Å². The number of carbonyl (C=O) groups excluding carboxylic acids is 1. The minimum atomic E-state index is -0.0661. The lowest BCUT2D eigenvalue weighted by molar-refractivity contribution is -0.113. The molecule has 0 spiro atoms. The lowest BCUT2D eigenvalue weighted by Crippen LogP contribution is -2.14. The number of benzene rings is 2. The van der Waals surface area contributed by atoms with E-state index >= 15 is 0 Å². The number of ether oxygens (including phenoxy) is 2. The van der Waals surface area contributed by atoms with Gasteiger partial charge in [0.2, 0.25) is 5.91 Å². The van der Waals surface area contributed by atoms with E-state index in [0.29, 0.717) is 22.9 Å². The summed E-state index contributed by atoms with van der Waals surface area (Å²) in [5, 5.41) is 2.86. The number of methoxy groups -OCH3 is 2. The van der Waals surface area contributed by atoms with Crippen molar-refractivity contribution >= 4 is 23.4 Å². The van der Waals surface area contributed by atoms with Crippen LogP contribution in [0.1, 0.15) is 5.56 Å². The molecule has 0 heterocycles. The van der Waals surface area contributed by atoms with E-state index in [2.05, 4.69) is 5.32 Å². The Morgan fingerprint density at radius 3 is 2.32 bits per heavy atom. The third kappa shape index (κ3) is 4.43. The normalized spacial score (nSPS) is 10.1. The van der Waals surface area contributed by atoms with Gasteiger partial charge in [-0.15, -0.1) is 11.8 Å². The van der Waals surface area contributed by atoms with Crippen molar-refractivity contribution in [2.24, 2.45) is 0 Å². The van der Waals surface area contributed by atoms with Gasteiger partial charge in [-0.2, -0.15) is 0 Å². The van der Waals surface area contributed by atoms with E-state index in [9.17, 15) is 4.79 Å². The lowest BCUT2D eigenvalue weighted by Gasteiger charge is -2.10. The van der Waals surface area contributed by atoms with E-state index < -0.39 is 0 Å². The van der Waals surface area contributed by atoms with Crippen LogP contribution in [0.5, 0.6) is 11.5 Å². The van der Waals surface area contributed by atoms with Gasteiger partial charge in [0.05, 0.1) is 20.0 Å². The molecular formula is C17H19NO3S. The Morgan fingerprint density at radius 2 is 1.73 bits per heavy atom. The largest absolute Gasteiger partial charge is 0.497 e. The Labute approximate surface area is 134 Å². The Bertz CT molecular complexity index is 636. The summed E-state index contributed by atoms with van der Waals surface area (Å²) in [4.78, 5) is 13.2. The molecule has 116 valence electrons. The number of aryl methyl sites for hydroxylation is 1. The van der Waals surface area contributed by atoms with Gasteiger partial charge in [0, 0.05) is 28.8 Å². The third-order valence-corrected chi connectivity index (χ3v) is 4.26. The summed E-state index contributed by atoms with van der Waals surface area (Å²) in [5.74, 6) is 1.57. The predicted molar refractivity (Wildman–Crippen MR) is 90.1 cm³/mol. The number of nitrogens with one attached hydrogen (secondary N) is 1. The molecule has 0 fully saturated rings. The number of rotatable bonds is 6. The Morgan fingerprint density at radius 1 is 1.09 bits per heavy atom. The third-order valence-electron chi connectivity index (χ3n) is 3.09. The van der Waals surface area contributed by atoms with Gasteiger partial charge in [0.15, 0.2) is 0 Å². The standard InChI is InChI=1S/C17H19NO3S/c1-12-6-4-5-7-16(12)22-11-17(19)18-13-8-14(20-2)10-15(9-13)21-3/h4-10H,11H2,1-3H3,(H,18,19). The van der Waals surface area contributed by atoms with Crippen molar-refractivity contribution < 1.29 is 14.3 Å². The van der Waals surface area contributed by atoms with Crippen LogP contribution in [-0.4, -0.2) is 25.9 Å². The first kappa shape index (κ1) is 16.2. The highest BCUT2D eigenvalue weighted by Crippen LogP contribution is 2.26. The van der Waals surface area contributed by atoms with E-state index in [1.807, 2.05) is 31.2 Å². The second kappa shape index (κ2) is 7.75. The molecule has 0 aliphatic rings. The van der Waals surface area contributed by atoms with Gasteiger partial charge in [0.1, 0.15) is 11.5 Å². The van der Waals surface area contributed by atoms with Crippen molar-refractivity contribution in [1.82, 2.24) is 0 Å². The quantitative estimate of drug-likeness (QED) is 0.825. The first-order valence-corrected chi connectivity index (χ1v) is 7.82. The number of anilines is 1. The summed E-state index contributed by atoms with van der Waals surface area (Å²) in [6.45, 7) is 2.03. The van der Waals surface area contributed by atoms with Crippen LogP contribution < -0.4 is 14.8 Å². The highest BCUT2D eigenvalue weighted by Gasteiger charge is 2.07. The zero-order valence-corrected chi connectivity index (χ0v) is 13.7. The molecule has 1 N–H and O–H groups in total. The van der Waals surface area contributed by atoms with Crippen LogP contribution >= 0.6 is 11.8 Å². The zero-order chi connectivity index (χ0) is 15.9. The average Bonchev–Trinajstić information content (AvgIpc) is 2.53. The minimum Gasteiger partial charge on any atom is -0.497 e. The topological polar surface area (TPSA) is 47.6 Å². The molecule has 0 aliphatic carbocycles. The van der Waals surface area contributed by atoms with Crippen molar-refractivity contribution in [3.05, 3.63) is 48.0 Å². The first-order valence-electron chi connectivity index (χ1n) is 6.83. The van der Waals surface area contributed by atoms with Crippen LogP contribution in [0.2, 0.25) is 0 Å². The highest BCUT2D eigenvalue weighted by atomic mass is 32.2. The van der Waals surface area contributed by atoms with E-state index in [-0.39, 0.29) is 5.91 Å². The molecule has 0 saturated carbocycles. The molecule has 2 rings (SSSR count). The molecule has 2 aromatic rings. The second-order valence-electron chi connectivity index (χ2n) is 4.70. The fraction of sp³-hybridized carbons (Fsp3) is 0.235. The van der Waals surface area contributed by atoms with E-state index in [0.717, 1.165) is 4.90 Å². The molecular weight excluding hydrogens is 298 g/mol. The van der Waals surface area contributed by atoms with Gasteiger partial charge in [-0.25, -0.2) is 0 Å². The maximum absolute atomic E-state index is 12.1.